The molecule has 2 N–H and O–H groups in total. The van der Waals surface area contributed by atoms with Gasteiger partial charge in [0.2, 0.25) is 5.91 Å². The second kappa shape index (κ2) is 6.74. The highest BCUT2D eigenvalue weighted by atomic mass is 127. The van der Waals surface area contributed by atoms with Gasteiger partial charge in [0.1, 0.15) is 6.04 Å². The molecular weight excluding hydrogens is 363 g/mol. The molecule has 0 aromatic heterocycles. The van der Waals surface area contributed by atoms with Crippen LogP contribution in [-0.4, -0.2) is 11.9 Å². The first-order valence-electron chi connectivity index (χ1n) is 6.44. The first-order valence-corrected chi connectivity index (χ1v) is 7.52. The van der Waals surface area contributed by atoms with Crippen LogP contribution in [0.2, 0.25) is 0 Å². The maximum Gasteiger partial charge on any atom is 0.246 e. The molecule has 2 aromatic rings. The fourth-order valence-corrected chi connectivity index (χ4v) is 2.19. The van der Waals surface area contributed by atoms with Gasteiger partial charge < -0.3 is 10.6 Å². The Balaban J connectivity index is 1.96. The summed E-state index contributed by atoms with van der Waals surface area (Å²) in [5, 5.41) is 6.10. The van der Waals surface area contributed by atoms with E-state index in [2.05, 4.69) is 33.2 Å². The average Bonchev–Trinajstić information content (AvgIpc) is 2.41. The summed E-state index contributed by atoms with van der Waals surface area (Å²) < 4.78 is 1.17. The van der Waals surface area contributed by atoms with Gasteiger partial charge in [-0.1, -0.05) is 12.1 Å². The Bertz CT molecular complexity index is 596. The maximum atomic E-state index is 12.1. The van der Waals surface area contributed by atoms with Crippen molar-refractivity contribution >= 4 is 39.9 Å². The summed E-state index contributed by atoms with van der Waals surface area (Å²) in [5.74, 6) is -0.0471. The topological polar surface area (TPSA) is 41.1 Å². The Hall–Kier alpha value is -1.56. The van der Waals surface area contributed by atoms with Gasteiger partial charge in [-0.25, -0.2) is 0 Å². The highest BCUT2D eigenvalue weighted by Crippen LogP contribution is 2.14. The van der Waals surface area contributed by atoms with Crippen molar-refractivity contribution in [3.8, 4) is 0 Å². The number of carbonyl (C=O) groups is 1. The van der Waals surface area contributed by atoms with E-state index in [4.69, 9.17) is 0 Å². The minimum Gasteiger partial charge on any atom is -0.374 e. The fourth-order valence-electron chi connectivity index (χ4n) is 1.83. The molecule has 0 aliphatic rings. The van der Waals surface area contributed by atoms with Crippen molar-refractivity contribution in [1.82, 2.24) is 0 Å². The SMILES string of the molecule is Cc1cccc(NC(=O)[C@H](C)Nc2ccc(I)cc2)c1. The summed E-state index contributed by atoms with van der Waals surface area (Å²) >= 11 is 2.25. The molecule has 2 rings (SSSR count). The Labute approximate surface area is 132 Å². The molecule has 3 nitrogen and oxygen atoms in total. The van der Waals surface area contributed by atoms with E-state index in [0.717, 1.165) is 16.9 Å². The van der Waals surface area contributed by atoms with Gasteiger partial charge in [0, 0.05) is 14.9 Å². The summed E-state index contributed by atoms with van der Waals surface area (Å²) in [6.07, 6.45) is 0. The second-order valence-electron chi connectivity index (χ2n) is 4.73. The van der Waals surface area contributed by atoms with Crippen LogP contribution in [-0.2, 0) is 4.79 Å². The van der Waals surface area contributed by atoms with Crippen molar-refractivity contribution in [3.63, 3.8) is 0 Å². The number of rotatable bonds is 4. The van der Waals surface area contributed by atoms with E-state index in [1.165, 1.54) is 3.57 Å². The molecular formula is C16H17IN2O. The minimum atomic E-state index is -0.296. The third kappa shape index (κ3) is 4.23. The molecule has 0 fully saturated rings. The third-order valence-corrected chi connectivity index (χ3v) is 3.63. The number of anilines is 2. The van der Waals surface area contributed by atoms with Crippen LogP contribution in [0.15, 0.2) is 48.5 Å². The van der Waals surface area contributed by atoms with Crippen LogP contribution in [0.25, 0.3) is 0 Å². The van der Waals surface area contributed by atoms with Gasteiger partial charge in [0.05, 0.1) is 0 Å². The lowest BCUT2D eigenvalue weighted by molar-refractivity contribution is -0.116. The number of carbonyl (C=O) groups excluding carboxylic acids is 1. The van der Waals surface area contributed by atoms with Crippen molar-refractivity contribution in [1.29, 1.82) is 0 Å². The molecule has 2 aromatic carbocycles. The lowest BCUT2D eigenvalue weighted by atomic mass is 10.2. The van der Waals surface area contributed by atoms with Gasteiger partial charge >= 0.3 is 0 Å². The third-order valence-electron chi connectivity index (χ3n) is 2.91. The molecule has 1 atom stereocenters. The Morgan fingerprint density at radius 3 is 2.45 bits per heavy atom. The molecule has 0 heterocycles. The van der Waals surface area contributed by atoms with Gasteiger partial charge in [0.25, 0.3) is 0 Å². The van der Waals surface area contributed by atoms with Gasteiger partial charge in [-0.05, 0) is 78.4 Å². The zero-order valence-corrected chi connectivity index (χ0v) is 13.6. The fraction of sp³-hybridized carbons (Fsp3) is 0.188. The predicted octanol–water partition coefficient (Wildman–Crippen LogP) is 4.04. The zero-order chi connectivity index (χ0) is 14.5. The van der Waals surface area contributed by atoms with Crippen molar-refractivity contribution in [3.05, 3.63) is 57.7 Å². The molecule has 0 aliphatic carbocycles. The Morgan fingerprint density at radius 1 is 1.10 bits per heavy atom. The molecule has 0 bridgehead atoms. The highest BCUT2D eigenvalue weighted by Gasteiger charge is 2.12. The van der Waals surface area contributed by atoms with E-state index in [-0.39, 0.29) is 11.9 Å². The molecule has 0 saturated heterocycles. The summed E-state index contributed by atoms with van der Waals surface area (Å²) in [6.45, 7) is 3.85. The summed E-state index contributed by atoms with van der Waals surface area (Å²) in [4.78, 5) is 12.1. The summed E-state index contributed by atoms with van der Waals surface area (Å²) in [6, 6.07) is 15.4. The molecule has 0 unspecified atom stereocenters. The van der Waals surface area contributed by atoms with Gasteiger partial charge in [-0.3, -0.25) is 4.79 Å². The molecule has 0 saturated carbocycles. The summed E-state index contributed by atoms with van der Waals surface area (Å²) in [7, 11) is 0. The molecule has 1 amide bonds. The van der Waals surface area contributed by atoms with Crippen LogP contribution in [0.1, 0.15) is 12.5 Å². The van der Waals surface area contributed by atoms with Crippen LogP contribution in [0, 0.1) is 10.5 Å². The number of amides is 1. The van der Waals surface area contributed by atoms with Crippen molar-refractivity contribution in [2.24, 2.45) is 0 Å². The van der Waals surface area contributed by atoms with E-state index >= 15 is 0 Å². The van der Waals surface area contributed by atoms with E-state index in [0.29, 0.717) is 0 Å². The smallest absolute Gasteiger partial charge is 0.246 e. The monoisotopic (exact) mass is 380 g/mol. The number of hydrogen-bond acceptors (Lipinski definition) is 2. The number of hydrogen-bond donors (Lipinski definition) is 2. The number of aryl methyl sites for hydroxylation is 1. The standard InChI is InChI=1S/C16H17IN2O/c1-11-4-3-5-15(10-11)19-16(20)12(2)18-14-8-6-13(17)7-9-14/h3-10,12,18H,1-2H3,(H,19,20)/t12-/m0/s1. The lowest BCUT2D eigenvalue weighted by Gasteiger charge is -2.15. The molecule has 0 aliphatic heterocycles. The predicted molar refractivity (Wildman–Crippen MR) is 92.1 cm³/mol. The van der Waals surface area contributed by atoms with E-state index < -0.39 is 0 Å². The van der Waals surface area contributed by atoms with Crippen LogP contribution in [0.3, 0.4) is 0 Å². The van der Waals surface area contributed by atoms with Crippen LogP contribution >= 0.6 is 22.6 Å². The molecule has 20 heavy (non-hydrogen) atoms. The van der Waals surface area contributed by atoms with Crippen LogP contribution < -0.4 is 10.6 Å². The molecule has 104 valence electrons. The van der Waals surface area contributed by atoms with Crippen molar-refractivity contribution < 1.29 is 4.79 Å². The van der Waals surface area contributed by atoms with Crippen LogP contribution in [0.4, 0.5) is 11.4 Å². The number of benzene rings is 2. The van der Waals surface area contributed by atoms with Gasteiger partial charge in [-0.15, -0.1) is 0 Å². The number of nitrogens with one attached hydrogen (secondary N) is 2. The quantitative estimate of drug-likeness (QED) is 0.787. The summed E-state index contributed by atoms with van der Waals surface area (Å²) in [5.41, 5.74) is 2.89. The Morgan fingerprint density at radius 2 is 1.80 bits per heavy atom. The zero-order valence-electron chi connectivity index (χ0n) is 11.5. The minimum absolute atomic E-state index is 0.0471. The van der Waals surface area contributed by atoms with Crippen molar-refractivity contribution in [2.45, 2.75) is 19.9 Å². The maximum absolute atomic E-state index is 12.1. The second-order valence-corrected chi connectivity index (χ2v) is 5.98. The highest BCUT2D eigenvalue weighted by molar-refractivity contribution is 14.1. The lowest BCUT2D eigenvalue weighted by Crippen LogP contribution is -2.31. The van der Waals surface area contributed by atoms with Crippen molar-refractivity contribution in [2.75, 3.05) is 10.6 Å². The van der Waals surface area contributed by atoms with E-state index in [1.807, 2.05) is 62.4 Å². The van der Waals surface area contributed by atoms with E-state index in [9.17, 15) is 4.79 Å². The Kier molecular flexibility index (Phi) is 5.00. The van der Waals surface area contributed by atoms with Gasteiger partial charge in [0.15, 0.2) is 0 Å². The number of halogens is 1. The molecule has 4 heteroatoms. The average molecular weight is 380 g/mol. The largest absolute Gasteiger partial charge is 0.374 e. The normalized spacial score (nSPS) is 11.8. The first kappa shape index (κ1) is 14.8. The van der Waals surface area contributed by atoms with Crippen LogP contribution in [0.5, 0.6) is 0 Å². The first-order chi connectivity index (χ1) is 9.54. The van der Waals surface area contributed by atoms with E-state index in [1.54, 1.807) is 0 Å². The molecule has 0 radical (unpaired) electrons. The van der Waals surface area contributed by atoms with Gasteiger partial charge in [-0.2, -0.15) is 0 Å². The molecule has 0 spiro atoms.